The van der Waals surface area contributed by atoms with E-state index in [-0.39, 0.29) is 17.1 Å². The lowest BCUT2D eigenvalue weighted by Gasteiger charge is -2.30. The molecule has 0 spiro atoms. The molecule has 0 unspecified atom stereocenters. The fourth-order valence-corrected chi connectivity index (χ4v) is 3.23. The molecule has 3 heteroatoms. The van der Waals surface area contributed by atoms with E-state index in [0.717, 1.165) is 24.8 Å². The number of halogens is 1. The first kappa shape index (κ1) is 12.6. The predicted molar refractivity (Wildman–Crippen MR) is 72.3 cm³/mol. The molecular formula is C16H20FNO. The van der Waals surface area contributed by atoms with Crippen LogP contribution in [0.4, 0.5) is 4.39 Å². The Kier molecular flexibility index (Phi) is 2.70. The molecule has 102 valence electrons. The summed E-state index contributed by atoms with van der Waals surface area (Å²) in [6.45, 7) is 4.22. The number of amides is 1. The Bertz CT molecular complexity index is 504. The molecule has 0 heterocycles. The zero-order valence-electron chi connectivity index (χ0n) is 11.5. The number of hydrogen-bond acceptors (Lipinski definition) is 1. The summed E-state index contributed by atoms with van der Waals surface area (Å²) in [4.78, 5) is 12.6. The first-order chi connectivity index (χ1) is 8.96. The van der Waals surface area contributed by atoms with Crippen LogP contribution in [0, 0.1) is 11.2 Å². The molecule has 1 aromatic carbocycles. The quantitative estimate of drug-likeness (QED) is 0.889. The maximum atomic E-state index is 13.1. The summed E-state index contributed by atoms with van der Waals surface area (Å²) in [7, 11) is 0. The largest absolute Gasteiger partial charge is 0.353 e. The molecular weight excluding hydrogens is 241 g/mol. The molecule has 0 saturated heterocycles. The second-order valence-electron chi connectivity index (χ2n) is 6.57. The van der Waals surface area contributed by atoms with Gasteiger partial charge >= 0.3 is 0 Å². The van der Waals surface area contributed by atoms with Gasteiger partial charge in [-0.3, -0.25) is 4.79 Å². The zero-order chi connectivity index (χ0) is 13.7. The van der Waals surface area contributed by atoms with Crippen LogP contribution in [0.5, 0.6) is 0 Å². The second kappa shape index (κ2) is 4.06. The number of nitrogens with one attached hydrogen (secondary N) is 1. The first-order valence-electron chi connectivity index (χ1n) is 7.03. The lowest BCUT2D eigenvalue weighted by Crippen LogP contribution is -2.46. The summed E-state index contributed by atoms with van der Waals surface area (Å²) in [6, 6.07) is 6.75. The minimum Gasteiger partial charge on any atom is -0.353 e. The van der Waals surface area contributed by atoms with Gasteiger partial charge < -0.3 is 5.32 Å². The van der Waals surface area contributed by atoms with Crippen molar-refractivity contribution in [2.45, 2.75) is 51.0 Å². The van der Waals surface area contributed by atoms with Crippen molar-refractivity contribution in [3.8, 4) is 0 Å². The summed E-state index contributed by atoms with van der Waals surface area (Å²) in [5.74, 6) is -0.134. The molecule has 0 aromatic heterocycles. The Morgan fingerprint density at radius 2 is 1.84 bits per heavy atom. The lowest BCUT2D eigenvalue weighted by atomic mass is 9.85. The average molecular weight is 261 g/mol. The topological polar surface area (TPSA) is 29.1 Å². The summed E-state index contributed by atoms with van der Waals surface area (Å²) >= 11 is 0. The van der Waals surface area contributed by atoms with E-state index in [2.05, 4.69) is 19.2 Å². The van der Waals surface area contributed by atoms with Gasteiger partial charge in [0, 0.05) is 6.04 Å². The van der Waals surface area contributed by atoms with Gasteiger partial charge in [-0.2, -0.15) is 0 Å². The van der Waals surface area contributed by atoms with Gasteiger partial charge in [0.05, 0.1) is 5.41 Å². The SMILES string of the molecule is CC1(C)C[C@]1(C(=O)NC1CCC1)c1ccc(F)cc1. The molecule has 1 aromatic rings. The van der Waals surface area contributed by atoms with Crippen molar-refractivity contribution in [3.63, 3.8) is 0 Å². The molecule has 2 aliphatic carbocycles. The van der Waals surface area contributed by atoms with Gasteiger partial charge in [0.2, 0.25) is 5.91 Å². The Balaban J connectivity index is 1.87. The molecule has 1 amide bonds. The van der Waals surface area contributed by atoms with Crippen molar-refractivity contribution >= 4 is 5.91 Å². The third-order valence-electron chi connectivity index (χ3n) is 4.90. The van der Waals surface area contributed by atoms with Crippen LogP contribution in [0.3, 0.4) is 0 Å². The van der Waals surface area contributed by atoms with Crippen molar-refractivity contribution in [3.05, 3.63) is 35.6 Å². The van der Waals surface area contributed by atoms with Crippen LogP contribution >= 0.6 is 0 Å². The highest BCUT2D eigenvalue weighted by atomic mass is 19.1. The van der Waals surface area contributed by atoms with Crippen molar-refractivity contribution in [2.75, 3.05) is 0 Å². The Morgan fingerprint density at radius 3 is 2.26 bits per heavy atom. The molecule has 1 N–H and O–H groups in total. The van der Waals surface area contributed by atoms with Gasteiger partial charge in [-0.15, -0.1) is 0 Å². The molecule has 2 aliphatic rings. The van der Waals surface area contributed by atoms with E-state index in [1.807, 2.05) is 0 Å². The van der Waals surface area contributed by atoms with E-state index < -0.39 is 5.41 Å². The van der Waals surface area contributed by atoms with E-state index in [0.29, 0.717) is 6.04 Å². The number of carbonyl (C=O) groups excluding carboxylic acids is 1. The molecule has 2 fully saturated rings. The highest BCUT2D eigenvalue weighted by molar-refractivity contribution is 5.93. The van der Waals surface area contributed by atoms with E-state index >= 15 is 0 Å². The smallest absolute Gasteiger partial charge is 0.231 e. The summed E-state index contributed by atoms with van der Waals surface area (Å²) in [5, 5.41) is 3.16. The van der Waals surface area contributed by atoms with Gasteiger partial charge in [0.15, 0.2) is 0 Å². The van der Waals surface area contributed by atoms with E-state index in [9.17, 15) is 9.18 Å². The van der Waals surface area contributed by atoms with Crippen molar-refractivity contribution in [1.29, 1.82) is 0 Å². The third-order valence-corrected chi connectivity index (χ3v) is 4.90. The van der Waals surface area contributed by atoms with Crippen LogP contribution in [0.1, 0.15) is 45.1 Å². The zero-order valence-corrected chi connectivity index (χ0v) is 11.5. The fourth-order valence-electron chi connectivity index (χ4n) is 3.23. The fraction of sp³-hybridized carbons (Fsp3) is 0.562. The van der Waals surface area contributed by atoms with Gasteiger partial charge in [-0.1, -0.05) is 26.0 Å². The van der Waals surface area contributed by atoms with Gasteiger partial charge in [-0.25, -0.2) is 4.39 Å². The van der Waals surface area contributed by atoms with Crippen LogP contribution in [0.25, 0.3) is 0 Å². The molecule has 0 bridgehead atoms. The van der Waals surface area contributed by atoms with Crippen LogP contribution in [0.2, 0.25) is 0 Å². The first-order valence-corrected chi connectivity index (χ1v) is 7.03. The normalized spacial score (nSPS) is 28.6. The minimum atomic E-state index is -0.462. The van der Waals surface area contributed by atoms with Gasteiger partial charge in [0.1, 0.15) is 5.82 Å². The Labute approximate surface area is 113 Å². The summed E-state index contributed by atoms with van der Waals surface area (Å²) in [5.41, 5.74) is 0.435. The number of benzene rings is 1. The molecule has 19 heavy (non-hydrogen) atoms. The Morgan fingerprint density at radius 1 is 1.26 bits per heavy atom. The lowest BCUT2D eigenvalue weighted by molar-refractivity contribution is -0.125. The number of hydrogen-bond donors (Lipinski definition) is 1. The van der Waals surface area contributed by atoms with Crippen LogP contribution in [-0.4, -0.2) is 11.9 Å². The van der Waals surface area contributed by atoms with Crippen LogP contribution in [-0.2, 0) is 10.2 Å². The Hall–Kier alpha value is -1.38. The maximum Gasteiger partial charge on any atom is 0.231 e. The highest BCUT2D eigenvalue weighted by Gasteiger charge is 2.67. The average Bonchev–Trinajstić information content (AvgIpc) is 2.89. The van der Waals surface area contributed by atoms with Crippen molar-refractivity contribution in [1.82, 2.24) is 5.32 Å². The third kappa shape index (κ3) is 1.87. The van der Waals surface area contributed by atoms with Crippen LogP contribution in [0.15, 0.2) is 24.3 Å². The second-order valence-corrected chi connectivity index (χ2v) is 6.57. The molecule has 0 radical (unpaired) electrons. The standard InChI is InChI=1S/C16H20FNO/c1-15(2)10-16(15,11-6-8-12(17)9-7-11)14(19)18-13-4-3-5-13/h6-9,13H,3-5,10H2,1-2H3,(H,18,19)/t16-/m1/s1. The molecule has 3 rings (SSSR count). The van der Waals surface area contributed by atoms with Gasteiger partial charge in [0.25, 0.3) is 0 Å². The number of rotatable bonds is 3. The minimum absolute atomic E-state index is 0.0430. The molecule has 1 atom stereocenters. The monoisotopic (exact) mass is 261 g/mol. The summed E-state index contributed by atoms with van der Waals surface area (Å²) in [6.07, 6.45) is 4.22. The van der Waals surface area contributed by atoms with Crippen molar-refractivity contribution < 1.29 is 9.18 Å². The van der Waals surface area contributed by atoms with Crippen molar-refractivity contribution in [2.24, 2.45) is 5.41 Å². The van der Waals surface area contributed by atoms with E-state index in [1.165, 1.54) is 18.6 Å². The predicted octanol–water partition coefficient (Wildman–Crippen LogP) is 3.16. The van der Waals surface area contributed by atoms with E-state index in [1.54, 1.807) is 12.1 Å². The maximum absolute atomic E-state index is 13.1. The van der Waals surface area contributed by atoms with Crippen LogP contribution < -0.4 is 5.32 Å². The van der Waals surface area contributed by atoms with E-state index in [4.69, 9.17) is 0 Å². The number of carbonyl (C=O) groups is 1. The highest BCUT2D eigenvalue weighted by Crippen LogP contribution is 2.64. The molecule has 2 nitrogen and oxygen atoms in total. The molecule has 0 aliphatic heterocycles. The van der Waals surface area contributed by atoms with Gasteiger partial charge in [-0.05, 0) is 48.8 Å². The summed E-state index contributed by atoms with van der Waals surface area (Å²) < 4.78 is 13.1. The molecule has 2 saturated carbocycles.